The average Bonchev–Trinajstić information content (AvgIpc) is 2.31. The summed E-state index contributed by atoms with van der Waals surface area (Å²) in [4.78, 5) is 0. The quantitative estimate of drug-likeness (QED) is 0.756. The van der Waals surface area contributed by atoms with Gasteiger partial charge in [0.15, 0.2) is 0 Å². The van der Waals surface area contributed by atoms with E-state index in [-0.39, 0.29) is 5.25 Å². The lowest BCUT2D eigenvalue weighted by Gasteiger charge is -2.32. The van der Waals surface area contributed by atoms with Gasteiger partial charge in [-0.3, -0.25) is 0 Å². The van der Waals surface area contributed by atoms with Crippen LogP contribution < -0.4 is 5.32 Å². The van der Waals surface area contributed by atoms with Gasteiger partial charge in [0.2, 0.25) is 10.0 Å². The van der Waals surface area contributed by atoms with Gasteiger partial charge in [-0.05, 0) is 38.8 Å². The molecular formula is C10H20N2O2S. The molecular weight excluding hydrogens is 212 g/mol. The van der Waals surface area contributed by atoms with Crippen molar-refractivity contribution in [3.63, 3.8) is 0 Å². The summed E-state index contributed by atoms with van der Waals surface area (Å²) in [5.41, 5.74) is 0. The Bertz CT molecular complexity index is 267. The summed E-state index contributed by atoms with van der Waals surface area (Å²) in [5, 5.41) is 3.08. The van der Waals surface area contributed by atoms with Crippen molar-refractivity contribution in [2.45, 2.75) is 37.4 Å². The summed E-state index contributed by atoms with van der Waals surface area (Å²) < 4.78 is 26.2. The van der Waals surface area contributed by atoms with Crippen LogP contribution in [0.15, 0.2) is 0 Å². The van der Waals surface area contributed by atoms with Gasteiger partial charge in [0.25, 0.3) is 0 Å². The van der Waals surface area contributed by atoms with Crippen LogP contribution in [0, 0.1) is 0 Å². The van der Waals surface area contributed by atoms with E-state index < -0.39 is 10.0 Å². The van der Waals surface area contributed by atoms with Crippen molar-refractivity contribution in [1.29, 1.82) is 0 Å². The zero-order valence-corrected chi connectivity index (χ0v) is 9.93. The Balaban J connectivity index is 2.03. The third kappa shape index (κ3) is 2.52. The fourth-order valence-electron chi connectivity index (χ4n) is 2.42. The molecule has 2 aliphatic rings. The molecule has 2 aliphatic heterocycles. The average molecular weight is 232 g/mol. The summed E-state index contributed by atoms with van der Waals surface area (Å²) >= 11 is 0. The second kappa shape index (κ2) is 4.80. The predicted octanol–water partition coefficient (Wildman–Crippen LogP) is 0.554. The second-order valence-electron chi connectivity index (χ2n) is 4.45. The van der Waals surface area contributed by atoms with E-state index in [1.54, 1.807) is 4.31 Å². The number of hydrogen-bond donors (Lipinski definition) is 1. The summed E-state index contributed by atoms with van der Waals surface area (Å²) in [6.07, 6.45) is 4.80. The van der Waals surface area contributed by atoms with Gasteiger partial charge in [0.05, 0.1) is 5.25 Å². The van der Waals surface area contributed by atoms with Crippen molar-refractivity contribution >= 4 is 10.0 Å². The van der Waals surface area contributed by atoms with Gasteiger partial charge in [0, 0.05) is 13.1 Å². The van der Waals surface area contributed by atoms with Crippen molar-refractivity contribution in [2.24, 2.45) is 0 Å². The number of hydrogen-bond acceptors (Lipinski definition) is 3. The SMILES string of the molecule is O=S(=O)(C1CCNCC1)N1CCCCC1. The smallest absolute Gasteiger partial charge is 0.217 e. The minimum absolute atomic E-state index is 0.128. The van der Waals surface area contributed by atoms with E-state index in [1.807, 2.05) is 0 Å². The number of sulfonamides is 1. The molecule has 15 heavy (non-hydrogen) atoms. The van der Waals surface area contributed by atoms with Crippen LogP contribution in [-0.2, 0) is 10.0 Å². The molecule has 0 aromatic carbocycles. The molecule has 2 rings (SSSR count). The molecule has 4 nitrogen and oxygen atoms in total. The molecule has 5 heteroatoms. The van der Waals surface area contributed by atoms with Gasteiger partial charge in [-0.1, -0.05) is 6.42 Å². The van der Waals surface area contributed by atoms with Gasteiger partial charge >= 0.3 is 0 Å². The summed E-state index contributed by atoms with van der Waals surface area (Å²) in [5.74, 6) is 0. The maximum atomic E-state index is 12.2. The normalized spacial score (nSPS) is 26.7. The zero-order chi connectivity index (χ0) is 10.7. The highest BCUT2D eigenvalue weighted by molar-refractivity contribution is 7.89. The molecule has 0 unspecified atom stereocenters. The van der Waals surface area contributed by atoms with Crippen molar-refractivity contribution in [2.75, 3.05) is 26.2 Å². The standard InChI is InChI=1S/C10H20N2O2S/c13-15(14,10-4-6-11-7-5-10)12-8-2-1-3-9-12/h10-11H,1-9H2. The summed E-state index contributed by atoms with van der Waals surface area (Å²) in [6.45, 7) is 3.17. The molecule has 0 bridgehead atoms. The number of nitrogens with zero attached hydrogens (tertiary/aromatic N) is 1. The number of piperidine rings is 2. The van der Waals surface area contributed by atoms with Crippen LogP contribution in [0.4, 0.5) is 0 Å². The molecule has 2 heterocycles. The second-order valence-corrected chi connectivity index (χ2v) is 6.67. The van der Waals surface area contributed by atoms with E-state index in [0.29, 0.717) is 0 Å². The minimum atomic E-state index is -2.99. The van der Waals surface area contributed by atoms with Crippen molar-refractivity contribution in [3.8, 4) is 0 Å². The lowest BCUT2D eigenvalue weighted by molar-refractivity contribution is 0.336. The number of nitrogens with one attached hydrogen (secondary N) is 1. The molecule has 0 aromatic rings. The predicted molar refractivity (Wildman–Crippen MR) is 60.2 cm³/mol. The maximum absolute atomic E-state index is 12.2. The summed E-state index contributed by atoms with van der Waals surface area (Å²) in [7, 11) is -2.99. The first-order valence-corrected chi connectivity index (χ1v) is 7.41. The highest BCUT2D eigenvalue weighted by atomic mass is 32.2. The van der Waals surface area contributed by atoms with Crippen molar-refractivity contribution < 1.29 is 8.42 Å². The maximum Gasteiger partial charge on any atom is 0.217 e. The molecule has 2 fully saturated rings. The highest BCUT2D eigenvalue weighted by Gasteiger charge is 2.33. The Morgan fingerprint density at radius 2 is 1.60 bits per heavy atom. The van der Waals surface area contributed by atoms with Crippen LogP contribution in [0.1, 0.15) is 32.1 Å². The fraction of sp³-hybridized carbons (Fsp3) is 1.00. The van der Waals surface area contributed by atoms with Gasteiger partial charge in [-0.15, -0.1) is 0 Å². The lowest BCUT2D eigenvalue weighted by atomic mass is 10.2. The Kier molecular flexibility index (Phi) is 3.64. The summed E-state index contributed by atoms with van der Waals surface area (Å²) in [6, 6.07) is 0. The monoisotopic (exact) mass is 232 g/mol. The first kappa shape index (κ1) is 11.4. The van der Waals surface area contributed by atoms with Crippen molar-refractivity contribution in [3.05, 3.63) is 0 Å². The topological polar surface area (TPSA) is 49.4 Å². The Morgan fingerprint density at radius 1 is 1.00 bits per heavy atom. The van der Waals surface area contributed by atoms with Crippen LogP contribution in [0.25, 0.3) is 0 Å². The van der Waals surface area contributed by atoms with Crippen LogP contribution in [0.2, 0.25) is 0 Å². The van der Waals surface area contributed by atoms with Gasteiger partial charge in [0.1, 0.15) is 0 Å². The molecule has 0 amide bonds. The molecule has 0 aromatic heterocycles. The van der Waals surface area contributed by atoms with Gasteiger partial charge < -0.3 is 5.32 Å². The number of rotatable bonds is 2. The lowest BCUT2D eigenvalue weighted by Crippen LogP contribution is -2.45. The van der Waals surface area contributed by atoms with Crippen LogP contribution in [-0.4, -0.2) is 44.2 Å². The Labute approximate surface area is 92.1 Å². The van der Waals surface area contributed by atoms with Crippen molar-refractivity contribution in [1.82, 2.24) is 9.62 Å². The van der Waals surface area contributed by atoms with E-state index in [9.17, 15) is 8.42 Å². The van der Waals surface area contributed by atoms with Crippen LogP contribution in [0.5, 0.6) is 0 Å². The van der Waals surface area contributed by atoms with E-state index in [0.717, 1.165) is 51.9 Å². The third-order valence-electron chi connectivity index (χ3n) is 3.38. The van der Waals surface area contributed by atoms with Crippen LogP contribution in [0.3, 0.4) is 0 Å². The largest absolute Gasteiger partial charge is 0.317 e. The Morgan fingerprint density at radius 3 is 2.20 bits per heavy atom. The highest BCUT2D eigenvalue weighted by Crippen LogP contribution is 2.21. The molecule has 0 atom stereocenters. The molecule has 0 radical (unpaired) electrons. The molecule has 0 spiro atoms. The van der Waals surface area contributed by atoms with E-state index in [2.05, 4.69) is 5.32 Å². The van der Waals surface area contributed by atoms with E-state index in [1.165, 1.54) is 6.42 Å². The van der Waals surface area contributed by atoms with E-state index >= 15 is 0 Å². The van der Waals surface area contributed by atoms with Crippen LogP contribution >= 0.6 is 0 Å². The first-order chi connectivity index (χ1) is 7.21. The molecule has 0 saturated carbocycles. The molecule has 0 aliphatic carbocycles. The fourth-order valence-corrected chi connectivity index (χ4v) is 4.44. The molecule has 1 N–H and O–H groups in total. The van der Waals surface area contributed by atoms with Gasteiger partial charge in [-0.2, -0.15) is 0 Å². The third-order valence-corrected chi connectivity index (χ3v) is 5.78. The minimum Gasteiger partial charge on any atom is -0.317 e. The molecule has 2 saturated heterocycles. The first-order valence-electron chi connectivity index (χ1n) is 5.91. The zero-order valence-electron chi connectivity index (χ0n) is 9.11. The molecule has 88 valence electrons. The van der Waals surface area contributed by atoms with E-state index in [4.69, 9.17) is 0 Å². The van der Waals surface area contributed by atoms with Gasteiger partial charge in [-0.25, -0.2) is 12.7 Å². The Hall–Kier alpha value is -0.130.